The molecule has 1 aromatic carbocycles. The Morgan fingerprint density at radius 3 is 2.68 bits per heavy atom. The maximum Gasteiger partial charge on any atom is 0.152 e. The zero-order chi connectivity index (χ0) is 13.5. The second-order valence-corrected chi connectivity index (χ2v) is 7.86. The summed E-state index contributed by atoms with van der Waals surface area (Å²) in [5, 5.41) is 0. The Bertz CT molecular complexity index is 569. The predicted octanol–water partition coefficient (Wildman–Crippen LogP) is 1.38. The van der Waals surface area contributed by atoms with Crippen LogP contribution < -0.4 is 5.73 Å². The Labute approximate surface area is 114 Å². The van der Waals surface area contributed by atoms with Crippen molar-refractivity contribution in [2.75, 3.05) is 30.3 Å². The number of benzene rings is 1. The third kappa shape index (κ3) is 2.62. The number of nitrogens with two attached hydrogens (primary N) is 1. The van der Waals surface area contributed by atoms with Crippen LogP contribution in [-0.4, -0.2) is 37.9 Å². The average molecular weight is 280 g/mol. The lowest BCUT2D eigenvalue weighted by Gasteiger charge is -2.38. The highest BCUT2D eigenvalue weighted by atomic mass is 32.2. The van der Waals surface area contributed by atoms with E-state index in [1.165, 1.54) is 11.1 Å². The molecule has 0 bridgehead atoms. The molecular weight excluding hydrogens is 260 g/mol. The Balaban J connectivity index is 1.84. The fourth-order valence-corrected chi connectivity index (χ4v) is 4.46. The smallest absolute Gasteiger partial charge is 0.152 e. The van der Waals surface area contributed by atoms with Crippen LogP contribution in [0, 0.1) is 0 Å². The van der Waals surface area contributed by atoms with Gasteiger partial charge in [-0.2, -0.15) is 0 Å². The summed E-state index contributed by atoms with van der Waals surface area (Å²) in [7, 11) is -2.80. The molecule has 0 amide bonds. The van der Waals surface area contributed by atoms with E-state index >= 15 is 0 Å². The number of aryl methyl sites for hydroxylation is 1. The maximum atomic E-state index is 11.5. The largest absolute Gasteiger partial charge is 0.399 e. The van der Waals surface area contributed by atoms with Gasteiger partial charge in [-0.05, 0) is 42.5 Å². The molecule has 1 unspecified atom stereocenters. The van der Waals surface area contributed by atoms with Crippen LogP contribution in [-0.2, 0) is 16.3 Å². The van der Waals surface area contributed by atoms with Gasteiger partial charge in [0.05, 0.1) is 11.5 Å². The van der Waals surface area contributed by atoms with Gasteiger partial charge < -0.3 is 5.73 Å². The molecular formula is C14H20N2O2S. The van der Waals surface area contributed by atoms with Crippen LogP contribution in [0.1, 0.15) is 30.0 Å². The van der Waals surface area contributed by atoms with Gasteiger partial charge in [0, 0.05) is 24.8 Å². The lowest BCUT2D eigenvalue weighted by atomic mass is 9.86. The zero-order valence-corrected chi connectivity index (χ0v) is 11.8. The SMILES string of the molecule is Nc1ccc2c(c1)CCCC2N1CCS(=O)(=O)CC1. The third-order valence-corrected chi connectivity index (χ3v) is 5.88. The lowest BCUT2D eigenvalue weighted by Crippen LogP contribution is -2.43. The molecule has 5 heteroatoms. The molecule has 1 atom stereocenters. The minimum Gasteiger partial charge on any atom is -0.399 e. The van der Waals surface area contributed by atoms with Crippen molar-refractivity contribution in [3.63, 3.8) is 0 Å². The number of rotatable bonds is 1. The van der Waals surface area contributed by atoms with Crippen LogP contribution in [0.5, 0.6) is 0 Å². The maximum absolute atomic E-state index is 11.5. The summed E-state index contributed by atoms with van der Waals surface area (Å²) in [6, 6.07) is 6.53. The van der Waals surface area contributed by atoms with Gasteiger partial charge in [0.1, 0.15) is 0 Å². The van der Waals surface area contributed by atoms with E-state index in [0.29, 0.717) is 30.6 Å². The van der Waals surface area contributed by atoms with E-state index < -0.39 is 9.84 Å². The second kappa shape index (κ2) is 4.80. The molecule has 1 aromatic rings. The number of nitrogens with zero attached hydrogens (tertiary/aromatic N) is 1. The molecule has 0 aromatic heterocycles. The molecule has 1 fully saturated rings. The molecule has 0 saturated carbocycles. The first kappa shape index (κ1) is 12.9. The van der Waals surface area contributed by atoms with Crippen molar-refractivity contribution >= 4 is 15.5 Å². The summed E-state index contributed by atoms with van der Waals surface area (Å²) >= 11 is 0. The molecule has 0 radical (unpaired) electrons. The highest BCUT2D eigenvalue weighted by Gasteiger charge is 2.30. The van der Waals surface area contributed by atoms with Crippen molar-refractivity contribution in [3.8, 4) is 0 Å². The van der Waals surface area contributed by atoms with E-state index in [1.807, 2.05) is 6.07 Å². The van der Waals surface area contributed by atoms with Crippen LogP contribution in [0.4, 0.5) is 5.69 Å². The van der Waals surface area contributed by atoms with E-state index in [4.69, 9.17) is 5.73 Å². The van der Waals surface area contributed by atoms with Gasteiger partial charge in [-0.25, -0.2) is 8.42 Å². The molecule has 1 aliphatic heterocycles. The van der Waals surface area contributed by atoms with E-state index in [9.17, 15) is 8.42 Å². The van der Waals surface area contributed by atoms with E-state index in [2.05, 4.69) is 17.0 Å². The first-order chi connectivity index (χ1) is 9.05. The number of hydrogen-bond acceptors (Lipinski definition) is 4. The number of anilines is 1. The van der Waals surface area contributed by atoms with Gasteiger partial charge in [-0.1, -0.05) is 6.07 Å². The Kier molecular flexibility index (Phi) is 3.27. The number of nitrogen functional groups attached to an aromatic ring is 1. The van der Waals surface area contributed by atoms with E-state index in [1.54, 1.807) is 0 Å². The third-order valence-electron chi connectivity index (χ3n) is 4.27. The van der Waals surface area contributed by atoms with Crippen LogP contribution in [0.15, 0.2) is 18.2 Å². The summed E-state index contributed by atoms with van der Waals surface area (Å²) in [5.74, 6) is 0.599. The molecule has 2 N–H and O–H groups in total. The molecule has 19 heavy (non-hydrogen) atoms. The fourth-order valence-electron chi connectivity index (χ4n) is 3.23. The van der Waals surface area contributed by atoms with Crippen LogP contribution in [0.2, 0.25) is 0 Å². The Morgan fingerprint density at radius 1 is 1.21 bits per heavy atom. The first-order valence-electron chi connectivity index (χ1n) is 6.88. The molecule has 3 rings (SSSR count). The summed E-state index contributed by atoms with van der Waals surface area (Å²) in [6.45, 7) is 1.33. The van der Waals surface area contributed by atoms with Gasteiger partial charge in [0.25, 0.3) is 0 Å². The minimum absolute atomic E-state index is 0.299. The molecule has 0 spiro atoms. The van der Waals surface area contributed by atoms with Gasteiger partial charge in [0.15, 0.2) is 9.84 Å². The van der Waals surface area contributed by atoms with Crippen molar-refractivity contribution in [1.82, 2.24) is 4.90 Å². The lowest BCUT2D eigenvalue weighted by molar-refractivity contribution is 0.193. The van der Waals surface area contributed by atoms with Crippen molar-refractivity contribution in [2.24, 2.45) is 0 Å². The molecule has 4 nitrogen and oxygen atoms in total. The monoisotopic (exact) mass is 280 g/mol. The highest BCUT2D eigenvalue weighted by molar-refractivity contribution is 7.91. The van der Waals surface area contributed by atoms with Crippen molar-refractivity contribution in [1.29, 1.82) is 0 Å². The average Bonchev–Trinajstić information content (AvgIpc) is 2.38. The zero-order valence-electron chi connectivity index (χ0n) is 11.0. The van der Waals surface area contributed by atoms with Gasteiger partial charge >= 0.3 is 0 Å². The number of sulfone groups is 1. The number of fused-ring (bicyclic) bond motifs is 1. The second-order valence-electron chi connectivity index (χ2n) is 5.55. The summed E-state index contributed by atoms with van der Waals surface area (Å²) in [4.78, 5) is 2.33. The first-order valence-corrected chi connectivity index (χ1v) is 8.70. The van der Waals surface area contributed by atoms with Gasteiger partial charge in [-0.3, -0.25) is 4.90 Å². The van der Waals surface area contributed by atoms with Crippen molar-refractivity contribution < 1.29 is 8.42 Å². The quantitative estimate of drug-likeness (QED) is 0.789. The highest BCUT2D eigenvalue weighted by Crippen LogP contribution is 2.35. The number of hydrogen-bond donors (Lipinski definition) is 1. The standard InChI is InChI=1S/C14H20N2O2S/c15-12-4-5-13-11(10-12)2-1-3-14(13)16-6-8-19(17,18)9-7-16/h4-5,10,14H,1-3,6-9,15H2. The normalized spacial score (nSPS) is 26.8. The Hall–Kier alpha value is -1.07. The molecule has 1 aliphatic carbocycles. The van der Waals surface area contributed by atoms with Crippen LogP contribution >= 0.6 is 0 Å². The van der Waals surface area contributed by atoms with Crippen LogP contribution in [0.3, 0.4) is 0 Å². The van der Waals surface area contributed by atoms with Crippen LogP contribution in [0.25, 0.3) is 0 Å². The summed E-state index contributed by atoms with van der Waals surface area (Å²) < 4.78 is 23.1. The van der Waals surface area contributed by atoms with Crippen molar-refractivity contribution in [2.45, 2.75) is 25.3 Å². The molecule has 1 heterocycles. The fraction of sp³-hybridized carbons (Fsp3) is 0.571. The van der Waals surface area contributed by atoms with E-state index in [-0.39, 0.29) is 0 Å². The van der Waals surface area contributed by atoms with E-state index in [0.717, 1.165) is 24.9 Å². The van der Waals surface area contributed by atoms with Crippen molar-refractivity contribution in [3.05, 3.63) is 29.3 Å². The van der Waals surface area contributed by atoms with Gasteiger partial charge in [-0.15, -0.1) is 0 Å². The molecule has 104 valence electrons. The minimum atomic E-state index is -2.80. The van der Waals surface area contributed by atoms with Gasteiger partial charge in [0.2, 0.25) is 0 Å². The molecule has 2 aliphatic rings. The molecule has 1 saturated heterocycles. The summed E-state index contributed by atoms with van der Waals surface area (Å²) in [6.07, 6.45) is 3.37. The Morgan fingerprint density at radius 2 is 1.95 bits per heavy atom. The predicted molar refractivity (Wildman–Crippen MR) is 76.8 cm³/mol. The topological polar surface area (TPSA) is 63.4 Å². The summed E-state index contributed by atoms with van der Waals surface area (Å²) in [5.41, 5.74) is 9.35.